The van der Waals surface area contributed by atoms with Gasteiger partial charge < -0.3 is 19.1 Å². The highest BCUT2D eigenvalue weighted by molar-refractivity contribution is 6.01. The van der Waals surface area contributed by atoms with Gasteiger partial charge in [0.2, 0.25) is 0 Å². The summed E-state index contributed by atoms with van der Waals surface area (Å²) in [4.78, 5) is 39.4. The molecule has 0 spiro atoms. The standard InChI is InChI=1S/C26H32N2O7/c1-4-6-12-34-24-16-21(28(31)32)20(15-23(24)33-3)25(29)27-17-19-11-9-8-10-18(19)14-22(27)26(30)35-13-7-5-2/h8-11,15-16,22H,4-7,12-14,17H2,1-3H3/t22-/m0/s1. The summed E-state index contributed by atoms with van der Waals surface area (Å²) >= 11 is 0. The summed E-state index contributed by atoms with van der Waals surface area (Å²) in [7, 11) is 1.41. The van der Waals surface area contributed by atoms with Crippen LogP contribution >= 0.6 is 0 Å². The molecule has 0 aliphatic carbocycles. The molecule has 1 amide bonds. The third kappa shape index (κ3) is 6.09. The quantitative estimate of drug-likeness (QED) is 0.197. The lowest BCUT2D eigenvalue weighted by Crippen LogP contribution is -2.49. The molecule has 0 saturated heterocycles. The fourth-order valence-electron chi connectivity index (χ4n) is 3.99. The predicted molar refractivity (Wildman–Crippen MR) is 130 cm³/mol. The highest BCUT2D eigenvalue weighted by Gasteiger charge is 2.38. The first-order valence-electron chi connectivity index (χ1n) is 11.9. The number of fused-ring (bicyclic) bond motifs is 1. The molecule has 2 aromatic rings. The van der Waals surface area contributed by atoms with E-state index in [1.807, 2.05) is 38.1 Å². The lowest BCUT2D eigenvalue weighted by Gasteiger charge is -2.35. The summed E-state index contributed by atoms with van der Waals surface area (Å²) in [6.07, 6.45) is 3.52. The van der Waals surface area contributed by atoms with Crippen molar-refractivity contribution in [3.8, 4) is 11.5 Å². The van der Waals surface area contributed by atoms with Gasteiger partial charge in [-0.3, -0.25) is 14.9 Å². The Morgan fingerprint density at radius 2 is 1.74 bits per heavy atom. The van der Waals surface area contributed by atoms with Crippen LogP contribution in [-0.2, 0) is 22.5 Å². The molecule has 0 fully saturated rings. The maximum absolute atomic E-state index is 13.7. The molecule has 35 heavy (non-hydrogen) atoms. The van der Waals surface area contributed by atoms with Gasteiger partial charge in [-0.1, -0.05) is 51.0 Å². The Bertz CT molecular complexity index is 1070. The van der Waals surface area contributed by atoms with Crippen molar-refractivity contribution in [2.24, 2.45) is 0 Å². The van der Waals surface area contributed by atoms with Crippen LogP contribution in [0.4, 0.5) is 5.69 Å². The van der Waals surface area contributed by atoms with Crippen molar-refractivity contribution >= 4 is 17.6 Å². The highest BCUT2D eigenvalue weighted by atomic mass is 16.6. The van der Waals surface area contributed by atoms with E-state index >= 15 is 0 Å². The lowest BCUT2D eigenvalue weighted by molar-refractivity contribution is -0.385. The number of amides is 1. The second-order valence-corrected chi connectivity index (χ2v) is 8.42. The number of methoxy groups -OCH3 is 1. The second kappa shape index (κ2) is 12.2. The minimum absolute atomic E-state index is 0.136. The van der Waals surface area contributed by atoms with Crippen molar-refractivity contribution in [3.63, 3.8) is 0 Å². The first kappa shape index (κ1) is 26.0. The van der Waals surface area contributed by atoms with Crippen LogP contribution in [0.5, 0.6) is 11.5 Å². The van der Waals surface area contributed by atoms with Crippen molar-refractivity contribution in [1.82, 2.24) is 4.90 Å². The zero-order valence-electron chi connectivity index (χ0n) is 20.5. The smallest absolute Gasteiger partial charge is 0.329 e. The first-order chi connectivity index (χ1) is 16.9. The maximum atomic E-state index is 13.7. The zero-order valence-corrected chi connectivity index (χ0v) is 20.5. The molecule has 2 aromatic carbocycles. The van der Waals surface area contributed by atoms with Gasteiger partial charge in [-0.2, -0.15) is 0 Å². The summed E-state index contributed by atoms with van der Waals surface area (Å²) in [6, 6.07) is 9.18. The van der Waals surface area contributed by atoms with Crippen molar-refractivity contribution in [2.75, 3.05) is 20.3 Å². The van der Waals surface area contributed by atoms with Crippen LogP contribution < -0.4 is 9.47 Å². The summed E-state index contributed by atoms with van der Waals surface area (Å²) in [6.45, 7) is 4.75. The van der Waals surface area contributed by atoms with Crippen LogP contribution in [0.15, 0.2) is 36.4 Å². The first-order valence-corrected chi connectivity index (χ1v) is 11.9. The summed E-state index contributed by atoms with van der Waals surface area (Å²) in [5.74, 6) is -0.740. The van der Waals surface area contributed by atoms with E-state index in [1.165, 1.54) is 24.1 Å². The number of ether oxygens (including phenoxy) is 3. The SMILES string of the molecule is CCCCOC(=O)[C@@H]1Cc2ccccc2CN1C(=O)c1cc(OC)c(OCCCC)cc1[N+](=O)[O-]. The zero-order chi connectivity index (χ0) is 25.4. The summed E-state index contributed by atoms with van der Waals surface area (Å²) < 4.78 is 16.5. The van der Waals surface area contributed by atoms with E-state index in [1.54, 1.807) is 0 Å². The molecule has 188 valence electrons. The number of hydrogen-bond donors (Lipinski definition) is 0. The van der Waals surface area contributed by atoms with E-state index in [4.69, 9.17) is 14.2 Å². The van der Waals surface area contributed by atoms with Gasteiger partial charge in [0.25, 0.3) is 11.6 Å². The van der Waals surface area contributed by atoms with Gasteiger partial charge >= 0.3 is 5.97 Å². The van der Waals surface area contributed by atoms with Gasteiger partial charge in [-0.15, -0.1) is 0 Å². The molecular weight excluding hydrogens is 452 g/mol. The van der Waals surface area contributed by atoms with E-state index in [2.05, 4.69) is 0 Å². The van der Waals surface area contributed by atoms with E-state index in [0.29, 0.717) is 13.0 Å². The normalized spacial score (nSPS) is 14.7. The van der Waals surface area contributed by atoms with Gasteiger partial charge in [-0.25, -0.2) is 4.79 Å². The number of esters is 1. The van der Waals surface area contributed by atoms with Crippen molar-refractivity contribution in [1.29, 1.82) is 0 Å². The average Bonchev–Trinajstić information content (AvgIpc) is 2.87. The number of nitro benzene ring substituents is 1. The van der Waals surface area contributed by atoms with Gasteiger partial charge in [-0.05, 0) is 24.0 Å². The molecule has 1 aliphatic heterocycles. The Labute approximate surface area is 205 Å². The minimum Gasteiger partial charge on any atom is -0.493 e. The molecule has 1 heterocycles. The number of rotatable bonds is 11. The van der Waals surface area contributed by atoms with Crippen LogP contribution in [0.1, 0.15) is 61.0 Å². The van der Waals surface area contributed by atoms with Gasteiger partial charge in [0.05, 0.1) is 31.3 Å². The molecule has 9 nitrogen and oxygen atoms in total. The molecule has 9 heteroatoms. The summed E-state index contributed by atoms with van der Waals surface area (Å²) in [5.41, 5.74) is 1.26. The number of benzene rings is 2. The molecule has 1 atom stereocenters. The Balaban J connectivity index is 2.00. The Morgan fingerprint density at radius 3 is 2.40 bits per heavy atom. The largest absolute Gasteiger partial charge is 0.493 e. The number of carbonyl (C=O) groups excluding carboxylic acids is 2. The Morgan fingerprint density at radius 1 is 1.06 bits per heavy atom. The van der Waals surface area contributed by atoms with E-state index < -0.39 is 28.5 Å². The molecule has 0 aromatic heterocycles. The number of nitrogens with zero attached hydrogens (tertiary/aromatic N) is 2. The second-order valence-electron chi connectivity index (χ2n) is 8.42. The fourth-order valence-corrected chi connectivity index (χ4v) is 3.99. The Hall–Kier alpha value is -3.62. The van der Waals surface area contributed by atoms with Gasteiger partial charge in [0.1, 0.15) is 11.6 Å². The van der Waals surface area contributed by atoms with Crippen LogP contribution in [0.3, 0.4) is 0 Å². The topological polar surface area (TPSA) is 108 Å². The number of nitro groups is 1. The minimum atomic E-state index is -0.889. The molecule has 3 rings (SSSR count). The van der Waals surface area contributed by atoms with E-state index in [9.17, 15) is 19.7 Å². The average molecular weight is 485 g/mol. The lowest BCUT2D eigenvalue weighted by atomic mass is 9.93. The van der Waals surface area contributed by atoms with E-state index in [0.717, 1.165) is 30.4 Å². The van der Waals surface area contributed by atoms with Gasteiger partial charge in [0.15, 0.2) is 11.5 Å². The maximum Gasteiger partial charge on any atom is 0.329 e. The van der Waals surface area contributed by atoms with Crippen LogP contribution in [-0.4, -0.2) is 48.1 Å². The fraction of sp³-hybridized carbons (Fsp3) is 0.462. The van der Waals surface area contributed by atoms with E-state index in [-0.39, 0.29) is 36.6 Å². The van der Waals surface area contributed by atoms with Crippen molar-refractivity contribution in [3.05, 3.63) is 63.2 Å². The Kier molecular flexibility index (Phi) is 9.05. The number of carbonyl (C=O) groups is 2. The van der Waals surface area contributed by atoms with Gasteiger partial charge in [0, 0.05) is 19.0 Å². The monoisotopic (exact) mass is 484 g/mol. The predicted octanol–water partition coefficient (Wildman–Crippen LogP) is 4.69. The van der Waals surface area contributed by atoms with Crippen molar-refractivity contribution < 1.29 is 28.7 Å². The molecule has 0 saturated carbocycles. The molecule has 0 unspecified atom stereocenters. The van der Waals surface area contributed by atoms with Crippen LogP contribution in [0.25, 0.3) is 0 Å². The molecule has 1 aliphatic rings. The van der Waals surface area contributed by atoms with Crippen molar-refractivity contribution in [2.45, 2.75) is 58.5 Å². The molecular formula is C26H32N2O7. The number of hydrogen-bond acceptors (Lipinski definition) is 7. The molecule has 0 N–H and O–H groups in total. The van der Waals surface area contributed by atoms with Crippen LogP contribution in [0, 0.1) is 10.1 Å². The molecule has 0 bridgehead atoms. The third-order valence-electron chi connectivity index (χ3n) is 5.99. The van der Waals surface area contributed by atoms with Crippen LogP contribution in [0.2, 0.25) is 0 Å². The third-order valence-corrected chi connectivity index (χ3v) is 5.99. The summed E-state index contributed by atoms with van der Waals surface area (Å²) in [5, 5.41) is 11.9. The number of unbranched alkanes of at least 4 members (excludes halogenated alkanes) is 2. The molecule has 0 radical (unpaired) electrons. The highest BCUT2D eigenvalue weighted by Crippen LogP contribution is 2.37.